The van der Waals surface area contributed by atoms with Crippen LogP contribution in [0.2, 0.25) is 0 Å². The first-order valence-corrected chi connectivity index (χ1v) is 28.2. The van der Waals surface area contributed by atoms with Crippen LogP contribution in [0.4, 0.5) is 0 Å². The molecule has 8 saturated carbocycles. The van der Waals surface area contributed by atoms with Crippen LogP contribution in [0, 0.1) is 43.3 Å². The van der Waals surface area contributed by atoms with E-state index in [0.717, 1.165) is 0 Å². The summed E-state index contributed by atoms with van der Waals surface area (Å²) in [7, 11) is 0. The van der Waals surface area contributed by atoms with Gasteiger partial charge in [0.2, 0.25) is 0 Å². The molecule has 0 aromatic heterocycles. The predicted octanol–water partition coefficient (Wildman–Crippen LogP) is 14.1. The second kappa shape index (κ2) is 42.3. The minimum atomic E-state index is -0.0770. The van der Waals surface area contributed by atoms with Gasteiger partial charge < -0.3 is 0 Å². The van der Waals surface area contributed by atoms with E-state index in [-0.39, 0.29) is 286 Å². The maximum absolute atomic E-state index is 10.9. The molecule has 512 valence electrons. The Labute approximate surface area is 573 Å². The Morgan fingerprint density at radius 3 is 0.216 bits per heavy atom. The van der Waals surface area contributed by atoms with Crippen LogP contribution in [0.3, 0.4) is 0 Å². The van der Waals surface area contributed by atoms with Crippen molar-refractivity contribution in [1.82, 2.24) is 0 Å². The molecule has 0 radical (unpaired) electrons. The lowest BCUT2D eigenvalue weighted by Crippen LogP contribution is -2.28. The number of carbonyl (C=O) groups excluding carboxylic acids is 16. The van der Waals surface area contributed by atoms with Gasteiger partial charge in [-0.3, -0.25) is 76.7 Å². The first-order valence-electron chi connectivity index (χ1n) is 28.2. The third-order valence-electron chi connectivity index (χ3n) is 14.0. The molecular formula is C64H104Cl8O16. The van der Waals surface area contributed by atoms with Crippen LogP contribution in [0.25, 0.3) is 0 Å². The van der Waals surface area contributed by atoms with Crippen molar-refractivity contribution in [3.05, 3.63) is 0 Å². The minimum absolute atomic E-state index is 0. The van der Waals surface area contributed by atoms with Crippen molar-refractivity contribution in [2.75, 3.05) is 0 Å². The van der Waals surface area contributed by atoms with Crippen molar-refractivity contribution in [2.45, 2.75) is 265 Å². The fraction of sp³-hybridized carbons (Fsp3) is 0.750. The maximum atomic E-state index is 10.9. The quantitative estimate of drug-likeness (QED) is 0.204. The van der Waals surface area contributed by atoms with E-state index in [0.29, 0.717) is 103 Å². The summed E-state index contributed by atoms with van der Waals surface area (Å²) < 4.78 is 0. The average molecular weight is 1410 g/mol. The smallest absolute Gasteiger partial charge is 0.140 e. The number of Topliss-reactive ketones (excluding diaryl/α,β-unsaturated/α-hetero) is 16. The number of halogens is 8. The summed E-state index contributed by atoms with van der Waals surface area (Å²) in [6, 6.07) is 0. The second-order valence-corrected chi connectivity index (χ2v) is 30.2. The van der Waals surface area contributed by atoms with E-state index in [1.165, 1.54) is 0 Å². The van der Waals surface area contributed by atoms with Crippen molar-refractivity contribution in [1.29, 1.82) is 0 Å². The molecule has 0 bridgehead atoms. The van der Waals surface area contributed by atoms with Gasteiger partial charge in [-0.05, 0) is 43.3 Å². The molecule has 0 atom stereocenters. The van der Waals surface area contributed by atoms with Gasteiger partial charge in [-0.15, -0.1) is 99.3 Å². The van der Waals surface area contributed by atoms with Crippen LogP contribution in [-0.4, -0.2) is 92.5 Å². The zero-order valence-corrected chi connectivity index (χ0v) is 61.3. The summed E-state index contributed by atoms with van der Waals surface area (Å²) >= 11 is 0. The number of hydrogen-bond acceptors (Lipinski definition) is 16. The first kappa shape index (κ1) is 101. The topological polar surface area (TPSA) is 273 Å². The Hall–Kier alpha value is -2.96. The van der Waals surface area contributed by atoms with E-state index >= 15 is 0 Å². The van der Waals surface area contributed by atoms with E-state index in [9.17, 15) is 76.7 Å². The highest BCUT2D eigenvalue weighted by Crippen LogP contribution is 2.36. The van der Waals surface area contributed by atoms with Gasteiger partial charge >= 0.3 is 0 Å². The Morgan fingerprint density at radius 1 is 0.136 bits per heavy atom. The fourth-order valence-corrected chi connectivity index (χ4v) is 11.8. The summed E-state index contributed by atoms with van der Waals surface area (Å²) in [5.41, 5.74) is -0.616. The molecule has 8 aliphatic carbocycles. The molecule has 88 heavy (non-hydrogen) atoms. The van der Waals surface area contributed by atoms with Crippen molar-refractivity contribution in [3.8, 4) is 0 Å². The summed E-state index contributed by atoms with van der Waals surface area (Å²) in [4.78, 5) is 174. The molecule has 8 fully saturated rings. The highest BCUT2D eigenvalue weighted by molar-refractivity contribution is 6.06. The molecule has 8 aliphatic rings. The van der Waals surface area contributed by atoms with Gasteiger partial charge in [-0.2, -0.15) is 0 Å². The van der Waals surface area contributed by atoms with Crippen LogP contribution >= 0.6 is 99.3 Å². The van der Waals surface area contributed by atoms with Gasteiger partial charge in [0.1, 0.15) is 92.5 Å². The SMILES string of the molecule is CC1(C)CC(=O)CC(=O)C1.CC1(C)CC(=O)CC(=O)C1.CC1(C)CC(=O)CC(=O)C1.CC1(C)CC(=O)CC(=O)C1.CC1(C)CC(=O)CC(=O)C1.CC1(C)CC(=O)CC(=O)C1.CC1(C)CC(=O)CC(=O)C1.CC1(C)CC(=O)CC(=O)C1.Cl.Cl.Cl.Cl.Cl.Cl.Cl.Cl. The molecule has 0 N–H and O–H groups in total. The van der Waals surface area contributed by atoms with E-state index in [1.54, 1.807) is 0 Å². The summed E-state index contributed by atoms with van der Waals surface area (Å²) in [5.74, 6) is 1.57. The minimum Gasteiger partial charge on any atom is -0.299 e. The van der Waals surface area contributed by atoms with Crippen molar-refractivity contribution in [3.63, 3.8) is 0 Å². The largest absolute Gasteiger partial charge is 0.299 e. The normalized spacial score (nSPS) is 22.7. The monoisotopic (exact) mass is 1410 g/mol. The molecule has 0 saturated heterocycles. The van der Waals surface area contributed by atoms with Crippen LogP contribution < -0.4 is 0 Å². The molecular weight excluding hydrogens is 1310 g/mol. The Kier molecular flexibility index (Phi) is 48.6. The number of ketones is 16. The standard InChI is InChI=1S/8C8H12O2.8ClH/c8*1-8(2)4-6(9)3-7(10)5-8;;;;;;;;/h8*3-5H2,1-2H3;8*1H. The van der Waals surface area contributed by atoms with Crippen LogP contribution in [-0.2, 0) is 76.7 Å². The van der Waals surface area contributed by atoms with Gasteiger partial charge in [0.25, 0.3) is 0 Å². The molecule has 0 unspecified atom stereocenters. The number of carbonyl (C=O) groups is 16. The lowest BCUT2D eigenvalue weighted by Gasteiger charge is -2.26. The van der Waals surface area contributed by atoms with Crippen LogP contribution in [0.15, 0.2) is 0 Å². The van der Waals surface area contributed by atoms with E-state index in [2.05, 4.69) is 0 Å². The van der Waals surface area contributed by atoms with Gasteiger partial charge in [-0.25, -0.2) is 0 Å². The van der Waals surface area contributed by atoms with Gasteiger partial charge in [0.15, 0.2) is 0 Å². The number of hydrogen-bond donors (Lipinski definition) is 0. The lowest BCUT2D eigenvalue weighted by molar-refractivity contribution is -0.135. The van der Waals surface area contributed by atoms with Crippen LogP contribution in [0.1, 0.15) is 265 Å². The molecule has 8 rings (SSSR count). The van der Waals surface area contributed by atoms with Crippen LogP contribution in [0.5, 0.6) is 0 Å². The summed E-state index contributed by atoms with van der Waals surface area (Å²) in [6.07, 6.45) is 10.5. The van der Waals surface area contributed by atoms with Crippen molar-refractivity contribution in [2.24, 2.45) is 43.3 Å². The van der Waals surface area contributed by atoms with Crippen molar-refractivity contribution < 1.29 is 76.7 Å². The summed E-state index contributed by atoms with van der Waals surface area (Å²) in [5, 5.41) is 0. The van der Waals surface area contributed by atoms with Gasteiger partial charge in [0.05, 0.1) is 51.4 Å². The third kappa shape index (κ3) is 47.0. The fourth-order valence-electron chi connectivity index (χ4n) is 11.8. The second-order valence-electron chi connectivity index (χ2n) is 30.2. The maximum Gasteiger partial charge on any atom is 0.140 e. The van der Waals surface area contributed by atoms with E-state index < -0.39 is 0 Å². The zero-order chi connectivity index (χ0) is 62.2. The highest BCUT2D eigenvalue weighted by atomic mass is 35.5. The van der Waals surface area contributed by atoms with Crippen molar-refractivity contribution >= 4 is 192 Å². The Balaban J connectivity index is -0.000000137. The molecule has 0 heterocycles. The molecule has 16 nitrogen and oxygen atoms in total. The van der Waals surface area contributed by atoms with E-state index in [1.807, 2.05) is 111 Å². The molecule has 0 aliphatic heterocycles. The van der Waals surface area contributed by atoms with Gasteiger partial charge in [-0.1, -0.05) is 111 Å². The highest BCUT2D eigenvalue weighted by Gasteiger charge is 2.37. The molecule has 0 spiro atoms. The average Bonchev–Trinajstić information content (AvgIpc) is 3.12. The zero-order valence-electron chi connectivity index (χ0n) is 54.8. The predicted molar refractivity (Wildman–Crippen MR) is 359 cm³/mol. The Bertz CT molecular complexity index is 1840. The lowest BCUT2D eigenvalue weighted by atomic mass is 9.76. The third-order valence-corrected chi connectivity index (χ3v) is 14.0. The van der Waals surface area contributed by atoms with E-state index in [4.69, 9.17) is 0 Å². The first-order chi connectivity index (χ1) is 36.0. The molecule has 0 aromatic rings. The molecule has 0 aromatic carbocycles. The van der Waals surface area contributed by atoms with Gasteiger partial charge in [0, 0.05) is 103 Å². The molecule has 24 heteroatoms. The number of rotatable bonds is 0. The molecule has 0 amide bonds. The summed E-state index contributed by atoms with van der Waals surface area (Å²) in [6.45, 7) is 31.4. The Morgan fingerprint density at radius 2 is 0.182 bits per heavy atom.